The van der Waals surface area contributed by atoms with E-state index in [4.69, 9.17) is 9.47 Å². The van der Waals surface area contributed by atoms with Crippen LogP contribution in [0.5, 0.6) is 5.75 Å². The van der Waals surface area contributed by atoms with Gasteiger partial charge < -0.3 is 9.47 Å². The molecule has 0 aliphatic carbocycles. The molecule has 142 valence electrons. The second kappa shape index (κ2) is 7.27. The van der Waals surface area contributed by atoms with Gasteiger partial charge in [0.05, 0.1) is 6.61 Å². The minimum Gasteiger partial charge on any atom is -0.477 e. The molecule has 0 fully saturated rings. The summed E-state index contributed by atoms with van der Waals surface area (Å²) in [7, 11) is 1.45. The molecule has 0 aliphatic heterocycles. The predicted octanol–water partition coefficient (Wildman–Crippen LogP) is 1.73. The van der Waals surface area contributed by atoms with E-state index in [-0.39, 0.29) is 18.0 Å². The van der Waals surface area contributed by atoms with Gasteiger partial charge in [0, 0.05) is 13.1 Å². The number of rotatable bonds is 5. The number of carbonyl (C=O) groups is 1. The molecule has 1 aromatic heterocycles. The van der Waals surface area contributed by atoms with Crippen molar-refractivity contribution in [2.75, 3.05) is 6.61 Å². The lowest BCUT2D eigenvalue weighted by Gasteiger charge is -2.23. The summed E-state index contributed by atoms with van der Waals surface area (Å²) >= 11 is 0. The Balaban J connectivity index is 2.60. The van der Waals surface area contributed by atoms with E-state index < -0.39 is 29.0 Å². The Morgan fingerprint density at radius 2 is 1.96 bits per heavy atom. The number of carbonyl (C=O) groups excluding carboxylic acids is 1. The Labute approximate surface area is 150 Å². The molecule has 1 atom stereocenters. The normalized spacial score (nSPS) is 12.7. The highest BCUT2D eigenvalue weighted by molar-refractivity contribution is 5.74. The molecule has 0 aliphatic rings. The molecule has 0 saturated heterocycles. The molecule has 0 bridgehead atoms. The zero-order valence-electron chi connectivity index (χ0n) is 15.7. The van der Waals surface area contributed by atoms with Gasteiger partial charge in [0.2, 0.25) is 0 Å². The Kier molecular flexibility index (Phi) is 5.48. The van der Waals surface area contributed by atoms with Crippen LogP contribution in [0.25, 0.3) is 5.69 Å². The summed E-state index contributed by atoms with van der Waals surface area (Å²) in [6, 6.07) is 2.63. The minimum atomic E-state index is -0.985. The first-order valence-electron chi connectivity index (χ1n) is 8.23. The standard InChI is InChI=1S/C17H23FN4O4/c1-7-25-15(23)10(2)26-14-9-12(18)11(17(3,4)5)8-13(14)22-16(24)21(6)19-20-22/h8-10H,7H2,1-6H3. The molecule has 1 unspecified atom stereocenters. The van der Waals surface area contributed by atoms with Crippen molar-refractivity contribution in [3.63, 3.8) is 0 Å². The summed E-state index contributed by atoms with van der Waals surface area (Å²) in [5.74, 6) is -1.10. The van der Waals surface area contributed by atoms with Crippen molar-refractivity contribution in [2.45, 2.75) is 46.1 Å². The molecule has 2 aromatic rings. The smallest absolute Gasteiger partial charge is 0.368 e. The van der Waals surface area contributed by atoms with Crippen LogP contribution in [0.2, 0.25) is 0 Å². The molecule has 26 heavy (non-hydrogen) atoms. The number of nitrogens with zero attached hydrogens (tertiary/aromatic N) is 4. The third-order valence-corrected chi connectivity index (χ3v) is 3.73. The highest BCUT2D eigenvalue weighted by Gasteiger charge is 2.26. The van der Waals surface area contributed by atoms with Crippen molar-refractivity contribution in [1.82, 2.24) is 19.8 Å². The average molecular weight is 366 g/mol. The maximum absolute atomic E-state index is 14.6. The first kappa shape index (κ1) is 19.6. The maximum atomic E-state index is 14.6. The van der Waals surface area contributed by atoms with E-state index in [0.717, 1.165) is 15.4 Å². The monoisotopic (exact) mass is 366 g/mol. The molecule has 2 rings (SSSR count). The summed E-state index contributed by atoms with van der Waals surface area (Å²) in [4.78, 5) is 24.1. The van der Waals surface area contributed by atoms with E-state index in [1.165, 1.54) is 20.0 Å². The highest BCUT2D eigenvalue weighted by atomic mass is 19.1. The van der Waals surface area contributed by atoms with Gasteiger partial charge in [-0.2, -0.15) is 9.36 Å². The molecule has 0 radical (unpaired) electrons. The topological polar surface area (TPSA) is 88.2 Å². The van der Waals surface area contributed by atoms with Crippen LogP contribution in [-0.4, -0.2) is 38.5 Å². The van der Waals surface area contributed by atoms with Crippen molar-refractivity contribution < 1.29 is 18.7 Å². The Morgan fingerprint density at radius 1 is 1.31 bits per heavy atom. The van der Waals surface area contributed by atoms with E-state index in [2.05, 4.69) is 10.4 Å². The second-order valence-electron chi connectivity index (χ2n) is 6.86. The van der Waals surface area contributed by atoms with Gasteiger partial charge >= 0.3 is 11.7 Å². The predicted molar refractivity (Wildman–Crippen MR) is 92.0 cm³/mol. The molecular weight excluding hydrogens is 343 g/mol. The summed E-state index contributed by atoms with van der Waals surface area (Å²) in [5, 5.41) is 7.45. The Bertz CT molecular complexity index is 867. The molecule has 0 N–H and O–H groups in total. The molecule has 8 nitrogen and oxygen atoms in total. The van der Waals surface area contributed by atoms with E-state index in [9.17, 15) is 14.0 Å². The van der Waals surface area contributed by atoms with Crippen LogP contribution in [0.1, 0.15) is 40.2 Å². The van der Waals surface area contributed by atoms with E-state index in [1.807, 2.05) is 20.8 Å². The van der Waals surface area contributed by atoms with Gasteiger partial charge in [-0.3, -0.25) is 0 Å². The number of esters is 1. The zero-order chi connectivity index (χ0) is 19.6. The first-order chi connectivity index (χ1) is 12.1. The number of aryl methyl sites for hydroxylation is 1. The van der Waals surface area contributed by atoms with Gasteiger partial charge in [0.1, 0.15) is 17.3 Å². The van der Waals surface area contributed by atoms with Crippen molar-refractivity contribution >= 4 is 5.97 Å². The molecule has 1 aromatic carbocycles. The number of tetrazole rings is 1. The fourth-order valence-electron chi connectivity index (χ4n) is 2.34. The van der Waals surface area contributed by atoms with Crippen LogP contribution in [0.4, 0.5) is 4.39 Å². The Morgan fingerprint density at radius 3 is 2.46 bits per heavy atom. The largest absolute Gasteiger partial charge is 0.477 e. The molecule has 0 spiro atoms. The van der Waals surface area contributed by atoms with E-state index in [0.29, 0.717) is 5.56 Å². The van der Waals surface area contributed by atoms with Gasteiger partial charge in [-0.1, -0.05) is 20.8 Å². The minimum absolute atomic E-state index is 0.00125. The number of aromatic nitrogens is 4. The van der Waals surface area contributed by atoms with Gasteiger partial charge in [0.25, 0.3) is 0 Å². The van der Waals surface area contributed by atoms with E-state index >= 15 is 0 Å². The number of hydrogen-bond acceptors (Lipinski definition) is 6. The third kappa shape index (κ3) is 3.92. The fraction of sp³-hybridized carbons (Fsp3) is 0.529. The van der Waals surface area contributed by atoms with Crippen LogP contribution in [0.3, 0.4) is 0 Å². The summed E-state index contributed by atoms with van der Waals surface area (Å²) in [6.07, 6.45) is -0.985. The highest BCUT2D eigenvalue weighted by Crippen LogP contribution is 2.33. The van der Waals surface area contributed by atoms with Crippen LogP contribution in [0, 0.1) is 5.82 Å². The quantitative estimate of drug-likeness (QED) is 0.749. The van der Waals surface area contributed by atoms with Crippen molar-refractivity contribution in [3.05, 3.63) is 34.0 Å². The number of hydrogen-bond donors (Lipinski definition) is 0. The molecular formula is C17H23FN4O4. The zero-order valence-corrected chi connectivity index (χ0v) is 15.7. The van der Waals surface area contributed by atoms with E-state index in [1.54, 1.807) is 6.92 Å². The molecule has 9 heteroatoms. The third-order valence-electron chi connectivity index (χ3n) is 3.73. The lowest BCUT2D eigenvalue weighted by atomic mass is 9.86. The number of benzene rings is 1. The molecule has 0 amide bonds. The van der Waals surface area contributed by atoms with Crippen molar-refractivity contribution in [3.8, 4) is 11.4 Å². The van der Waals surface area contributed by atoms with Crippen LogP contribution in [0.15, 0.2) is 16.9 Å². The Hall–Kier alpha value is -2.71. The van der Waals surface area contributed by atoms with Crippen molar-refractivity contribution in [2.24, 2.45) is 7.05 Å². The first-order valence-corrected chi connectivity index (χ1v) is 8.23. The second-order valence-corrected chi connectivity index (χ2v) is 6.86. The van der Waals surface area contributed by atoms with Gasteiger partial charge in [-0.15, -0.1) is 0 Å². The maximum Gasteiger partial charge on any atom is 0.368 e. The lowest BCUT2D eigenvalue weighted by Crippen LogP contribution is -2.28. The van der Waals surface area contributed by atoms with Crippen molar-refractivity contribution in [1.29, 1.82) is 0 Å². The van der Waals surface area contributed by atoms with Gasteiger partial charge in [-0.25, -0.2) is 14.0 Å². The lowest BCUT2D eigenvalue weighted by molar-refractivity contribution is -0.150. The van der Waals surface area contributed by atoms with Crippen LogP contribution >= 0.6 is 0 Å². The van der Waals surface area contributed by atoms with Crippen LogP contribution in [-0.2, 0) is 22.0 Å². The fourth-order valence-corrected chi connectivity index (χ4v) is 2.34. The van der Waals surface area contributed by atoms with Gasteiger partial charge in [0.15, 0.2) is 6.10 Å². The van der Waals surface area contributed by atoms with Gasteiger partial charge in [-0.05, 0) is 41.3 Å². The SMILES string of the molecule is CCOC(=O)C(C)Oc1cc(F)c(C(C)(C)C)cc1-n1nnn(C)c1=O. The van der Waals surface area contributed by atoms with Crippen LogP contribution < -0.4 is 10.4 Å². The summed E-state index contributed by atoms with van der Waals surface area (Å²) in [5.41, 5.74) is -0.465. The number of halogens is 1. The number of ether oxygens (including phenoxy) is 2. The molecule has 1 heterocycles. The average Bonchev–Trinajstić information content (AvgIpc) is 2.86. The molecule has 0 saturated carbocycles. The summed E-state index contributed by atoms with van der Waals surface area (Å²) < 4.78 is 27.1. The summed E-state index contributed by atoms with van der Waals surface area (Å²) in [6.45, 7) is 8.88.